The molecule has 0 fully saturated rings. The number of terminal acetylenes is 1. The van der Waals surface area contributed by atoms with Crippen molar-refractivity contribution in [2.24, 2.45) is 0 Å². The summed E-state index contributed by atoms with van der Waals surface area (Å²) in [5.41, 5.74) is 2.25. The van der Waals surface area contributed by atoms with Gasteiger partial charge < -0.3 is 0 Å². The molecule has 0 saturated carbocycles. The lowest BCUT2D eigenvalue weighted by Crippen LogP contribution is -2.14. The number of hydrogen-bond acceptors (Lipinski definition) is 1. The highest BCUT2D eigenvalue weighted by atomic mass is 19.1. The predicted octanol–water partition coefficient (Wildman–Crippen LogP) is 3.13. The molecular weight excluding hydrogens is 215 g/mol. The van der Waals surface area contributed by atoms with Crippen molar-refractivity contribution in [3.8, 4) is 23.6 Å². The van der Waals surface area contributed by atoms with Crippen LogP contribution in [0.5, 0.6) is 0 Å². The lowest BCUT2D eigenvalue weighted by molar-refractivity contribution is 0.628. The van der Waals surface area contributed by atoms with E-state index in [9.17, 15) is 4.39 Å². The van der Waals surface area contributed by atoms with Crippen LogP contribution in [0.3, 0.4) is 0 Å². The molecule has 0 bridgehead atoms. The molecule has 0 amide bonds. The van der Waals surface area contributed by atoms with Gasteiger partial charge in [0.2, 0.25) is 0 Å². The molecule has 17 heavy (non-hydrogen) atoms. The van der Waals surface area contributed by atoms with Gasteiger partial charge in [0, 0.05) is 11.1 Å². The van der Waals surface area contributed by atoms with Gasteiger partial charge in [-0.15, -0.1) is 6.42 Å². The summed E-state index contributed by atoms with van der Waals surface area (Å²) in [6.45, 7) is 3.90. The molecule has 1 aromatic carbocycles. The van der Waals surface area contributed by atoms with Gasteiger partial charge >= 0.3 is 0 Å². The standard InChI is InChI=1S/C14H13FN2/c1-4-14(2,3)12-9-16-17-13(12)10-5-7-11(15)8-6-10/h1,5-9H,2-3H3,(H,16,17). The number of benzene rings is 1. The Balaban J connectivity index is 2.52. The highest BCUT2D eigenvalue weighted by molar-refractivity contribution is 5.65. The number of nitrogens with zero attached hydrogens (tertiary/aromatic N) is 1. The Kier molecular flexibility index (Phi) is 2.72. The van der Waals surface area contributed by atoms with Crippen LogP contribution in [0.4, 0.5) is 4.39 Å². The maximum Gasteiger partial charge on any atom is 0.123 e. The summed E-state index contributed by atoms with van der Waals surface area (Å²) in [5.74, 6) is 2.47. The van der Waals surface area contributed by atoms with Crippen molar-refractivity contribution >= 4 is 0 Å². The van der Waals surface area contributed by atoms with Crippen LogP contribution in [0.2, 0.25) is 0 Å². The fraction of sp³-hybridized carbons (Fsp3) is 0.214. The maximum atomic E-state index is 12.9. The highest BCUT2D eigenvalue weighted by Gasteiger charge is 2.23. The second-order valence-corrected chi connectivity index (χ2v) is 4.43. The molecule has 2 aromatic rings. The van der Waals surface area contributed by atoms with Gasteiger partial charge in [-0.1, -0.05) is 5.92 Å². The van der Waals surface area contributed by atoms with E-state index in [-0.39, 0.29) is 5.82 Å². The van der Waals surface area contributed by atoms with Gasteiger partial charge in [-0.05, 0) is 38.1 Å². The smallest absolute Gasteiger partial charge is 0.123 e. The average molecular weight is 228 g/mol. The number of aromatic nitrogens is 2. The van der Waals surface area contributed by atoms with E-state index in [0.717, 1.165) is 16.8 Å². The molecule has 0 aliphatic heterocycles. The van der Waals surface area contributed by atoms with Crippen LogP contribution >= 0.6 is 0 Å². The molecule has 0 radical (unpaired) electrons. The molecule has 0 aliphatic rings. The third-order valence-electron chi connectivity index (χ3n) is 2.81. The second-order valence-electron chi connectivity index (χ2n) is 4.43. The molecule has 1 heterocycles. The first kappa shape index (κ1) is 11.4. The monoisotopic (exact) mass is 228 g/mol. The molecule has 0 spiro atoms. The SMILES string of the molecule is C#CC(C)(C)c1cn[nH]c1-c1ccc(F)cc1. The fourth-order valence-corrected chi connectivity index (χ4v) is 1.67. The maximum absolute atomic E-state index is 12.9. The van der Waals surface area contributed by atoms with Gasteiger partial charge in [0.1, 0.15) is 5.82 Å². The van der Waals surface area contributed by atoms with Gasteiger partial charge in [0.05, 0.1) is 17.3 Å². The van der Waals surface area contributed by atoms with E-state index >= 15 is 0 Å². The van der Waals surface area contributed by atoms with E-state index in [0.29, 0.717) is 0 Å². The number of aromatic amines is 1. The van der Waals surface area contributed by atoms with E-state index in [4.69, 9.17) is 6.42 Å². The zero-order chi connectivity index (χ0) is 12.5. The van der Waals surface area contributed by atoms with Gasteiger partial charge in [-0.3, -0.25) is 5.10 Å². The average Bonchev–Trinajstić information content (AvgIpc) is 2.80. The summed E-state index contributed by atoms with van der Waals surface area (Å²) in [6, 6.07) is 6.25. The van der Waals surface area contributed by atoms with Crippen LogP contribution in [0.25, 0.3) is 11.3 Å². The van der Waals surface area contributed by atoms with Crippen molar-refractivity contribution in [3.63, 3.8) is 0 Å². The molecule has 0 atom stereocenters. The minimum absolute atomic E-state index is 0.258. The van der Waals surface area contributed by atoms with E-state index < -0.39 is 5.41 Å². The minimum atomic E-state index is -0.406. The summed E-state index contributed by atoms with van der Waals surface area (Å²) >= 11 is 0. The van der Waals surface area contributed by atoms with Crippen LogP contribution in [-0.4, -0.2) is 10.2 Å². The van der Waals surface area contributed by atoms with Gasteiger partial charge in [-0.25, -0.2) is 4.39 Å². The normalized spacial score (nSPS) is 11.2. The molecule has 1 N–H and O–H groups in total. The predicted molar refractivity (Wildman–Crippen MR) is 65.8 cm³/mol. The van der Waals surface area contributed by atoms with Gasteiger partial charge in [0.15, 0.2) is 0 Å². The summed E-state index contributed by atoms with van der Waals surface area (Å²) in [5, 5.41) is 6.93. The van der Waals surface area contributed by atoms with Crippen molar-refractivity contribution in [2.75, 3.05) is 0 Å². The van der Waals surface area contributed by atoms with Crippen LogP contribution in [0, 0.1) is 18.2 Å². The minimum Gasteiger partial charge on any atom is -0.278 e. The topological polar surface area (TPSA) is 28.7 Å². The largest absolute Gasteiger partial charge is 0.278 e. The van der Waals surface area contributed by atoms with Crippen molar-refractivity contribution in [2.45, 2.75) is 19.3 Å². The van der Waals surface area contributed by atoms with E-state index in [1.165, 1.54) is 12.1 Å². The zero-order valence-electron chi connectivity index (χ0n) is 9.79. The Morgan fingerprint density at radius 3 is 2.53 bits per heavy atom. The lowest BCUT2D eigenvalue weighted by Gasteiger charge is -2.17. The molecular formula is C14H13FN2. The number of rotatable bonds is 2. The first-order valence-corrected chi connectivity index (χ1v) is 5.32. The third kappa shape index (κ3) is 2.07. The summed E-state index contributed by atoms with van der Waals surface area (Å²) in [7, 11) is 0. The van der Waals surface area contributed by atoms with E-state index in [2.05, 4.69) is 16.1 Å². The van der Waals surface area contributed by atoms with Crippen molar-refractivity contribution < 1.29 is 4.39 Å². The van der Waals surface area contributed by atoms with E-state index in [1.54, 1.807) is 18.3 Å². The molecule has 0 saturated heterocycles. The van der Waals surface area contributed by atoms with Crippen LogP contribution in [0.15, 0.2) is 30.5 Å². The van der Waals surface area contributed by atoms with Gasteiger partial charge in [-0.2, -0.15) is 5.10 Å². The molecule has 0 aliphatic carbocycles. The van der Waals surface area contributed by atoms with Crippen LogP contribution in [-0.2, 0) is 5.41 Å². The van der Waals surface area contributed by atoms with Crippen LogP contribution < -0.4 is 0 Å². The van der Waals surface area contributed by atoms with Crippen molar-refractivity contribution in [1.82, 2.24) is 10.2 Å². The Bertz CT molecular complexity index is 559. The Hall–Kier alpha value is -2.08. The second kappa shape index (κ2) is 4.06. The third-order valence-corrected chi connectivity index (χ3v) is 2.81. The summed E-state index contributed by atoms with van der Waals surface area (Å²) in [6.07, 6.45) is 7.24. The first-order chi connectivity index (χ1) is 8.04. The number of halogens is 1. The first-order valence-electron chi connectivity index (χ1n) is 5.32. The van der Waals surface area contributed by atoms with Crippen molar-refractivity contribution in [1.29, 1.82) is 0 Å². The Morgan fingerprint density at radius 2 is 1.94 bits per heavy atom. The molecule has 1 aromatic heterocycles. The lowest BCUT2D eigenvalue weighted by atomic mass is 9.84. The quantitative estimate of drug-likeness (QED) is 0.786. The van der Waals surface area contributed by atoms with Gasteiger partial charge in [0.25, 0.3) is 0 Å². The fourth-order valence-electron chi connectivity index (χ4n) is 1.67. The molecule has 2 rings (SSSR count). The summed E-state index contributed by atoms with van der Waals surface area (Å²) in [4.78, 5) is 0. The van der Waals surface area contributed by atoms with Crippen LogP contribution in [0.1, 0.15) is 19.4 Å². The van der Waals surface area contributed by atoms with E-state index in [1.807, 2.05) is 13.8 Å². The number of H-pyrrole nitrogens is 1. The number of nitrogens with one attached hydrogen (secondary N) is 1. The molecule has 86 valence electrons. The Morgan fingerprint density at radius 1 is 1.29 bits per heavy atom. The molecule has 0 unspecified atom stereocenters. The highest BCUT2D eigenvalue weighted by Crippen LogP contribution is 2.30. The zero-order valence-corrected chi connectivity index (χ0v) is 9.79. The number of hydrogen-bond donors (Lipinski definition) is 1. The summed E-state index contributed by atoms with van der Waals surface area (Å²) < 4.78 is 12.9. The molecule has 2 nitrogen and oxygen atoms in total. The van der Waals surface area contributed by atoms with Crippen molar-refractivity contribution in [3.05, 3.63) is 41.8 Å². The Labute approximate surface area is 99.9 Å². The molecule has 3 heteroatoms.